The van der Waals surface area contributed by atoms with Gasteiger partial charge in [-0.15, -0.1) is 0 Å². The number of halogens is 2. The van der Waals surface area contributed by atoms with Gasteiger partial charge in [-0.3, -0.25) is 4.79 Å². The van der Waals surface area contributed by atoms with Gasteiger partial charge in [-0.05, 0) is 23.6 Å². The molecule has 0 saturated heterocycles. The number of rotatable bonds is 1. The smallest absolute Gasteiger partial charge is 0.320 e. The Morgan fingerprint density at radius 1 is 1.33 bits per heavy atom. The van der Waals surface area contributed by atoms with Gasteiger partial charge in [0.15, 0.2) is 0 Å². The number of nitrogens with one attached hydrogen (secondary N) is 1. The first kappa shape index (κ1) is 10.1. The molecule has 2 rings (SSSR count). The molecule has 0 aromatic heterocycles. The van der Waals surface area contributed by atoms with Gasteiger partial charge in [0, 0.05) is 0 Å². The monoisotopic (exact) mass is 211 g/mol. The van der Waals surface area contributed by atoms with Gasteiger partial charge < -0.3 is 5.32 Å². The molecule has 1 amide bonds. The van der Waals surface area contributed by atoms with E-state index in [-0.39, 0.29) is 17.2 Å². The van der Waals surface area contributed by atoms with Crippen LogP contribution < -0.4 is 5.32 Å². The summed E-state index contributed by atoms with van der Waals surface area (Å²) >= 11 is 0. The van der Waals surface area contributed by atoms with Gasteiger partial charge in [0.25, 0.3) is 5.91 Å². The second kappa shape index (κ2) is 3.02. The van der Waals surface area contributed by atoms with Crippen molar-refractivity contribution in [3.8, 4) is 0 Å². The number of hydrogen-bond acceptors (Lipinski definition) is 1. The summed E-state index contributed by atoms with van der Waals surface area (Å²) in [6.45, 7) is 3.84. The number of fused-ring (bicyclic) bond motifs is 1. The zero-order valence-electron chi connectivity index (χ0n) is 8.47. The van der Waals surface area contributed by atoms with E-state index >= 15 is 0 Å². The van der Waals surface area contributed by atoms with Crippen LogP contribution in [0.5, 0.6) is 0 Å². The minimum absolute atomic E-state index is 0.168. The van der Waals surface area contributed by atoms with E-state index in [1.165, 1.54) is 12.1 Å². The molecule has 0 spiro atoms. The van der Waals surface area contributed by atoms with Gasteiger partial charge in [0.2, 0.25) is 0 Å². The van der Waals surface area contributed by atoms with Crippen LogP contribution in [0.1, 0.15) is 30.9 Å². The minimum atomic E-state index is -3.39. The maximum Gasteiger partial charge on any atom is 0.352 e. The summed E-state index contributed by atoms with van der Waals surface area (Å²) in [5.41, 5.74) is 0.818. The van der Waals surface area contributed by atoms with E-state index in [2.05, 4.69) is 5.32 Å². The molecule has 2 nitrogen and oxygen atoms in total. The zero-order chi connectivity index (χ0) is 11.2. The summed E-state index contributed by atoms with van der Waals surface area (Å²) in [5.74, 6) is -4.46. The maximum absolute atomic E-state index is 13.4. The third kappa shape index (κ3) is 1.40. The van der Waals surface area contributed by atoms with Gasteiger partial charge in [-0.2, -0.15) is 8.78 Å². The van der Waals surface area contributed by atoms with Crippen molar-refractivity contribution in [2.45, 2.75) is 25.7 Å². The van der Waals surface area contributed by atoms with Crippen molar-refractivity contribution < 1.29 is 13.6 Å². The van der Waals surface area contributed by atoms with Gasteiger partial charge >= 0.3 is 5.92 Å². The van der Waals surface area contributed by atoms with Gasteiger partial charge in [0.05, 0.1) is 11.3 Å². The summed E-state index contributed by atoms with van der Waals surface area (Å²) in [4.78, 5) is 11.0. The summed E-state index contributed by atoms with van der Waals surface area (Å²) in [6, 6.07) is 4.69. The van der Waals surface area contributed by atoms with Gasteiger partial charge in [0.1, 0.15) is 0 Å². The summed E-state index contributed by atoms with van der Waals surface area (Å²) in [7, 11) is 0. The zero-order valence-corrected chi connectivity index (χ0v) is 8.47. The van der Waals surface area contributed by atoms with Crippen LogP contribution in [0.15, 0.2) is 18.2 Å². The van der Waals surface area contributed by atoms with E-state index in [1.54, 1.807) is 6.07 Å². The Labute approximate surface area is 86.3 Å². The van der Waals surface area contributed by atoms with Crippen molar-refractivity contribution in [2.24, 2.45) is 0 Å². The molecule has 80 valence electrons. The van der Waals surface area contributed by atoms with Gasteiger partial charge in [-0.25, -0.2) is 0 Å². The molecule has 0 bridgehead atoms. The minimum Gasteiger partial charge on any atom is -0.320 e. The summed E-state index contributed by atoms with van der Waals surface area (Å²) in [6.07, 6.45) is 0. The van der Waals surface area contributed by atoms with Crippen molar-refractivity contribution in [1.29, 1.82) is 0 Å². The predicted molar refractivity (Wildman–Crippen MR) is 53.1 cm³/mol. The van der Waals surface area contributed by atoms with E-state index in [1.807, 2.05) is 13.8 Å². The summed E-state index contributed by atoms with van der Waals surface area (Å²) in [5, 5.41) is 2.16. The molecule has 0 saturated carbocycles. The van der Waals surface area contributed by atoms with Gasteiger partial charge in [-0.1, -0.05) is 19.9 Å². The fourth-order valence-electron chi connectivity index (χ4n) is 1.61. The lowest BCUT2D eigenvalue weighted by Crippen LogP contribution is -2.23. The number of hydrogen-bond donors (Lipinski definition) is 1. The quantitative estimate of drug-likeness (QED) is 0.760. The molecular weight excluding hydrogens is 200 g/mol. The molecule has 4 heteroatoms. The molecule has 1 aromatic carbocycles. The molecule has 0 fully saturated rings. The molecule has 1 aliphatic heterocycles. The SMILES string of the molecule is CC(C)c1ccc2c(c1)C(F)(F)C(=O)N2. The Kier molecular flexibility index (Phi) is 2.03. The normalized spacial score (nSPS) is 17.8. The standard InChI is InChI=1S/C11H11F2NO/c1-6(2)7-3-4-9-8(5-7)11(12,13)10(15)14-9/h3-6H,1-2H3,(H,14,15). The topological polar surface area (TPSA) is 29.1 Å². The van der Waals surface area contributed by atoms with Crippen molar-refractivity contribution in [1.82, 2.24) is 0 Å². The van der Waals surface area contributed by atoms with E-state index in [0.29, 0.717) is 0 Å². The highest BCUT2D eigenvalue weighted by Crippen LogP contribution is 2.41. The summed E-state index contributed by atoms with van der Waals surface area (Å²) < 4.78 is 26.7. The first-order chi connectivity index (χ1) is 6.93. The maximum atomic E-state index is 13.4. The number of carbonyl (C=O) groups is 1. The number of benzene rings is 1. The van der Waals surface area contributed by atoms with Crippen molar-refractivity contribution in [2.75, 3.05) is 5.32 Å². The molecule has 0 radical (unpaired) electrons. The Morgan fingerprint density at radius 2 is 2.00 bits per heavy atom. The lowest BCUT2D eigenvalue weighted by Gasteiger charge is -2.10. The second-order valence-electron chi connectivity index (χ2n) is 3.99. The number of anilines is 1. The average molecular weight is 211 g/mol. The number of carbonyl (C=O) groups excluding carboxylic acids is 1. The Balaban J connectivity index is 2.55. The van der Waals surface area contributed by atoms with Crippen LogP contribution in [-0.2, 0) is 10.7 Å². The van der Waals surface area contributed by atoms with E-state index < -0.39 is 11.8 Å². The molecule has 0 atom stereocenters. The molecule has 1 heterocycles. The molecular formula is C11H11F2NO. The first-order valence-electron chi connectivity index (χ1n) is 4.76. The van der Waals surface area contributed by atoms with Crippen molar-refractivity contribution >= 4 is 11.6 Å². The van der Waals surface area contributed by atoms with Crippen LogP contribution in [0.25, 0.3) is 0 Å². The van der Waals surface area contributed by atoms with Crippen LogP contribution in [0.3, 0.4) is 0 Å². The fourth-order valence-corrected chi connectivity index (χ4v) is 1.61. The van der Waals surface area contributed by atoms with Crippen LogP contribution >= 0.6 is 0 Å². The van der Waals surface area contributed by atoms with Crippen LogP contribution in [0.4, 0.5) is 14.5 Å². The second-order valence-corrected chi connectivity index (χ2v) is 3.99. The average Bonchev–Trinajstić information content (AvgIpc) is 2.38. The lowest BCUT2D eigenvalue weighted by molar-refractivity contribution is -0.139. The lowest BCUT2D eigenvalue weighted by atomic mass is 9.98. The molecule has 1 aromatic rings. The van der Waals surface area contributed by atoms with E-state index in [0.717, 1.165) is 5.56 Å². The number of amides is 1. The fraction of sp³-hybridized carbons (Fsp3) is 0.364. The molecule has 1 aliphatic rings. The Hall–Kier alpha value is -1.45. The van der Waals surface area contributed by atoms with E-state index in [9.17, 15) is 13.6 Å². The van der Waals surface area contributed by atoms with Crippen LogP contribution in [0.2, 0.25) is 0 Å². The Morgan fingerprint density at radius 3 is 2.60 bits per heavy atom. The first-order valence-corrected chi connectivity index (χ1v) is 4.76. The van der Waals surface area contributed by atoms with Crippen molar-refractivity contribution in [3.63, 3.8) is 0 Å². The molecule has 15 heavy (non-hydrogen) atoms. The molecule has 0 unspecified atom stereocenters. The molecule has 0 aliphatic carbocycles. The Bertz CT molecular complexity index is 427. The third-order valence-corrected chi connectivity index (χ3v) is 2.58. The molecule has 1 N–H and O–H groups in total. The van der Waals surface area contributed by atoms with Crippen LogP contribution in [0, 0.1) is 0 Å². The van der Waals surface area contributed by atoms with Crippen molar-refractivity contribution in [3.05, 3.63) is 29.3 Å². The predicted octanol–water partition coefficient (Wildman–Crippen LogP) is 2.85. The highest BCUT2D eigenvalue weighted by molar-refractivity contribution is 6.03. The van der Waals surface area contributed by atoms with Crippen LogP contribution in [-0.4, -0.2) is 5.91 Å². The number of alkyl halides is 2. The largest absolute Gasteiger partial charge is 0.352 e. The third-order valence-electron chi connectivity index (χ3n) is 2.58. The highest BCUT2D eigenvalue weighted by Gasteiger charge is 2.48. The van der Waals surface area contributed by atoms with E-state index in [4.69, 9.17) is 0 Å². The highest BCUT2D eigenvalue weighted by atomic mass is 19.3.